The molecule has 142 valence electrons. The first kappa shape index (κ1) is 18.7. The van der Waals surface area contributed by atoms with Crippen LogP contribution in [0.25, 0.3) is 10.2 Å². The lowest BCUT2D eigenvalue weighted by molar-refractivity contribution is 0.0979. The quantitative estimate of drug-likeness (QED) is 0.467. The van der Waals surface area contributed by atoms with Crippen LogP contribution >= 0.6 is 22.9 Å². The second-order valence-electron chi connectivity index (χ2n) is 6.71. The van der Waals surface area contributed by atoms with Crippen LogP contribution in [-0.4, -0.2) is 20.7 Å². The molecule has 0 N–H and O–H groups in total. The minimum Gasteiger partial charge on any atom is -0.278 e. The average Bonchev–Trinajstić information content (AvgIpc) is 3.28. The summed E-state index contributed by atoms with van der Waals surface area (Å²) in [5.74, 6) is -0.180. The number of carbonyl (C=O) groups is 1. The fraction of sp³-hybridized carbons (Fsp3) is 0.190. The Balaban J connectivity index is 1.82. The summed E-state index contributed by atoms with van der Waals surface area (Å²) >= 11 is 7.81. The first-order valence-corrected chi connectivity index (χ1v) is 10.1. The summed E-state index contributed by atoms with van der Waals surface area (Å²) in [4.78, 5) is 19.8. The van der Waals surface area contributed by atoms with Crippen molar-refractivity contribution >= 4 is 44.2 Å². The second kappa shape index (κ2) is 7.37. The molecule has 7 heteroatoms. The molecule has 1 amide bonds. The summed E-state index contributed by atoms with van der Waals surface area (Å²) in [5.41, 5.74) is 4.20. The number of aromatic nitrogens is 3. The third kappa shape index (κ3) is 3.41. The Morgan fingerprint density at radius 3 is 2.57 bits per heavy atom. The number of aryl methyl sites for hydroxylation is 3. The predicted molar refractivity (Wildman–Crippen MR) is 114 cm³/mol. The second-order valence-corrected chi connectivity index (χ2v) is 8.09. The summed E-state index contributed by atoms with van der Waals surface area (Å²) in [6.45, 7) is 4.32. The van der Waals surface area contributed by atoms with Gasteiger partial charge in [-0.1, -0.05) is 59.3 Å². The number of fused-ring (bicyclic) bond motifs is 1. The monoisotopic (exact) mass is 410 g/mol. The van der Waals surface area contributed by atoms with Crippen molar-refractivity contribution in [2.24, 2.45) is 7.05 Å². The molecule has 4 aromatic rings. The zero-order valence-electron chi connectivity index (χ0n) is 15.8. The van der Waals surface area contributed by atoms with Crippen molar-refractivity contribution in [3.8, 4) is 0 Å². The van der Waals surface area contributed by atoms with Gasteiger partial charge >= 0.3 is 0 Å². The fourth-order valence-corrected chi connectivity index (χ4v) is 4.32. The Bertz CT molecular complexity index is 1110. The summed E-state index contributed by atoms with van der Waals surface area (Å²) in [7, 11) is 1.83. The third-order valence-electron chi connectivity index (χ3n) is 4.68. The topological polar surface area (TPSA) is 51.0 Å². The number of halogens is 1. The predicted octanol–water partition coefficient (Wildman–Crippen LogP) is 5.15. The maximum atomic E-state index is 13.3. The molecule has 0 aliphatic heterocycles. The van der Waals surface area contributed by atoms with Crippen LogP contribution in [0.4, 0.5) is 5.13 Å². The van der Waals surface area contributed by atoms with E-state index < -0.39 is 0 Å². The minimum absolute atomic E-state index is 0.180. The van der Waals surface area contributed by atoms with Gasteiger partial charge in [-0.2, -0.15) is 5.10 Å². The minimum atomic E-state index is -0.180. The highest BCUT2D eigenvalue weighted by atomic mass is 35.5. The Morgan fingerprint density at radius 1 is 1.18 bits per heavy atom. The van der Waals surface area contributed by atoms with Gasteiger partial charge in [0, 0.05) is 12.7 Å². The maximum absolute atomic E-state index is 13.3. The molecule has 2 aromatic heterocycles. The summed E-state index contributed by atoms with van der Waals surface area (Å²) < 4.78 is 2.59. The Hall–Kier alpha value is -2.70. The van der Waals surface area contributed by atoms with E-state index in [1.165, 1.54) is 11.3 Å². The molecule has 0 bridgehead atoms. The van der Waals surface area contributed by atoms with E-state index in [2.05, 4.69) is 5.10 Å². The fourth-order valence-electron chi connectivity index (χ4n) is 3.00. The molecule has 2 aromatic carbocycles. The van der Waals surface area contributed by atoms with Crippen LogP contribution in [0.2, 0.25) is 5.02 Å². The Morgan fingerprint density at radius 2 is 1.93 bits per heavy atom. The maximum Gasteiger partial charge on any atom is 0.280 e. The van der Waals surface area contributed by atoms with Crippen molar-refractivity contribution < 1.29 is 4.79 Å². The number of nitrogens with zero attached hydrogens (tertiary/aromatic N) is 4. The Labute approximate surface area is 172 Å². The van der Waals surface area contributed by atoms with Crippen LogP contribution < -0.4 is 4.90 Å². The lowest BCUT2D eigenvalue weighted by Crippen LogP contribution is -2.30. The molecule has 4 rings (SSSR count). The van der Waals surface area contributed by atoms with Crippen molar-refractivity contribution in [3.05, 3.63) is 76.1 Å². The largest absolute Gasteiger partial charge is 0.280 e. The number of amides is 1. The SMILES string of the molecule is Cc1ccc(Cl)c2sc(N(Cc3ccccc3)C(=O)c3cc(C)n(C)n3)nc12. The van der Waals surface area contributed by atoms with Gasteiger partial charge in [0.2, 0.25) is 0 Å². The lowest BCUT2D eigenvalue weighted by Gasteiger charge is -2.19. The van der Waals surface area contributed by atoms with Gasteiger partial charge < -0.3 is 0 Å². The van der Waals surface area contributed by atoms with Crippen LogP contribution in [0.15, 0.2) is 48.5 Å². The average molecular weight is 411 g/mol. The van der Waals surface area contributed by atoms with Crippen LogP contribution in [0, 0.1) is 13.8 Å². The van der Waals surface area contributed by atoms with E-state index in [0.717, 1.165) is 27.0 Å². The van der Waals surface area contributed by atoms with Crippen LogP contribution in [0.5, 0.6) is 0 Å². The number of carbonyl (C=O) groups excluding carboxylic acids is 1. The molecule has 2 heterocycles. The van der Waals surface area contributed by atoms with Gasteiger partial charge in [-0.05, 0) is 37.1 Å². The van der Waals surface area contributed by atoms with Crippen LogP contribution in [0.3, 0.4) is 0 Å². The van der Waals surface area contributed by atoms with Crippen LogP contribution in [0.1, 0.15) is 27.3 Å². The summed E-state index contributed by atoms with van der Waals surface area (Å²) in [6.07, 6.45) is 0. The molecule has 0 aliphatic rings. The molecule has 0 atom stereocenters. The van der Waals surface area contributed by atoms with Gasteiger partial charge in [0.05, 0.1) is 21.8 Å². The van der Waals surface area contributed by atoms with Gasteiger partial charge in [-0.3, -0.25) is 14.4 Å². The van der Waals surface area contributed by atoms with E-state index >= 15 is 0 Å². The standard InChI is InChI=1S/C21H19ClN4OS/c1-13-9-10-16(22)19-18(13)23-21(28-19)26(12-15-7-5-4-6-8-15)20(27)17-11-14(2)25(3)24-17/h4-11H,12H2,1-3H3. The highest BCUT2D eigenvalue weighted by molar-refractivity contribution is 7.23. The number of hydrogen-bond donors (Lipinski definition) is 0. The van der Waals surface area contributed by atoms with Crippen molar-refractivity contribution in [2.45, 2.75) is 20.4 Å². The van der Waals surface area contributed by atoms with E-state index in [0.29, 0.717) is 22.4 Å². The molecule has 0 spiro atoms. The molecule has 0 radical (unpaired) electrons. The molecule has 5 nitrogen and oxygen atoms in total. The number of anilines is 1. The summed E-state index contributed by atoms with van der Waals surface area (Å²) in [6, 6.07) is 15.5. The number of benzene rings is 2. The molecule has 0 fully saturated rings. The Kier molecular flexibility index (Phi) is 4.91. The first-order chi connectivity index (χ1) is 13.4. The third-order valence-corrected chi connectivity index (χ3v) is 6.22. The van der Waals surface area contributed by atoms with E-state index in [1.807, 2.05) is 63.4 Å². The van der Waals surface area contributed by atoms with Crippen molar-refractivity contribution in [2.75, 3.05) is 4.90 Å². The van der Waals surface area contributed by atoms with Crippen molar-refractivity contribution in [1.82, 2.24) is 14.8 Å². The number of thiazole rings is 1. The molecular formula is C21H19ClN4OS. The normalized spacial score (nSPS) is 11.1. The van der Waals surface area contributed by atoms with Crippen molar-refractivity contribution in [3.63, 3.8) is 0 Å². The molecule has 28 heavy (non-hydrogen) atoms. The van der Waals surface area contributed by atoms with Crippen LogP contribution in [-0.2, 0) is 13.6 Å². The molecule has 0 saturated heterocycles. The number of rotatable bonds is 4. The molecule has 0 unspecified atom stereocenters. The highest BCUT2D eigenvalue weighted by Gasteiger charge is 2.25. The van der Waals surface area contributed by atoms with Gasteiger partial charge in [-0.25, -0.2) is 4.98 Å². The highest BCUT2D eigenvalue weighted by Crippen LogP contribution is 2.36. The van der Waals surface area contributed by atoms with Gasteiger partial charge in [0.1, 0.15) is 0 Å². The van der Waals surface area contributed by atoms with E-state index in [-0.39, 0.29) is 5.91 Å². The molecule has 0 saturated carbocycles. The van der Waals surface area contributed by atoms with Gasteiger partial charge in [0.15, 0.2) is 10.8 Å². The van der Waals surface area contributed by atoms with Crippen molar-refractivity contribution in [1.29, 1.82) is 0 Å². The summed E-state index contributed by atoms with van der Waals surface area (Å²) in [5, 5.41) is 5.62. The smallest absolute Gasteiger partial charge is 0.278 e. The van der Waals surface area contributed by atoms with E-state index in [1.54, 1.807) is 15.6 Å². The number of hydrogen-bond acceptors (Lipinski definition) is 4. The van der Waals surface area contributed by atoms with E-state index in [4.69, 9.17) is 16.6 Å². The lowest BCUT2D eigenvalue weighted by atomic mass is 10.2. The molecule has 0 aliphatic carbocycles. The van der Waals surface area contributed by atoms with E-state index in [9.17, 15) is 4.79 Å². The van der Waals surface area contributed by atoms with Gasteiger partial charge in [-0.15, -0.1) is 0 Å². The zero-order valence-corrected chi connectivity index (χ0v) is 17.4. The van der Waals surface area contributed by atoms with Gasteiger partial charge in [0.25, 0.3) is 5.91 Å². The first-order valence-electron chi connectivity index (χ1n) is 8.86. The zero-order chi connectivity index (χ0) is 19.8. The molecular weight excluding hydrogens is 392 g/mol.